The molecule has 6 nitrogen and oxygen atoms in total. The molecule has 0 fully saturated rings. The standard InChI is InChI=1S/C28H26O6/c1-4-9-21(29)33-27-19-12-8-7-11-17(19)25(31)24-23(27)26(32)18-14-13-16(6-3)15-20(18)28(24)34-22(30)10-5-2/h7-8,11-15H,4-6,9-10H2,1-3H3. The molecule has 2 aliphatic rings. The number of rotatable bonds is 7. The zero-order valence-corrected chi connectivity index (χ0v) is 19.5. The highest BCUT2D eigenvalue weighted by Gasteiger charge is 2.43. The summed E-state index contributed by atoms with van der Waals surface area (Å²) in [5.74, 6) is -1.81. The van der Waals surface area contributed by atoms with Crippen molar-refractivity contribution in [3.63, 3.8) is 0 Å². The van der Waals surface area contributed by atoms with Gasteiger partial charge in [0.1, 0.15) is 0 Å². The SMILES string of the molecule is CCCC(=O)OC1=C2C(=O)c3ccc(CC)cc3C(OC(=O)CCC)=C2C(=O)c2ccccc21. The van der Waals surface area contributed by atoms with Crippen molar-refractivity contribution in [2.24, 2.45) is 0 Å². The van der Waals surface area contributed by atoms with E-state index in [1.165, 1.54) is 0 Å². The summed E-state index contributed by atoms with van der Waals surface area (Å²) in [6.45, 7) is 5.67. The molecule has 0 atom stereocenters. The van der Waals surface area contributed by atoms with Crippen molar-refractivity contribution in [3.05, 3.63) is 81.4 Å². The van der Waals surface area contributed by atoms with Crippen LogP contribution in [0.2, 0.25) is 0 Å². The summed E-state index contributed by atoms with van der Waals surface area (Å²) in [5, 5.41) is 0. The minimum Gasteiger partial charge on any atom is -0.425 e. The van der Waals surface area contributed by atoms with Gasteiger partial charge in [0.2, 0.25) is 0 Å². The van der Waals surface area contributed by atoms with Gasteiger partial charge >= 0.3 is 11.9 Å². The maximum atomic E-state index is 13.7. The number of esters is 2. The van der Waals surface area contributed by atoms with Gasteiger partial charge in [0, 0.05) is 35.1 Å². The molecule has 0 N–H and O–H groups in total. The summed E-state index contributed by atoms with van der Waals surface area (Å²) >= 11 is 0. The molecular formula is C28H26O6. The second kappa shape index (κ2) is 9.59. The van der Waals surface area contributed by atoms with Crippen LogP contribution in [-0.4, -0.2) is 23.5 Å². The number of benzene rings is 2. The van der Waals surface area contributed by atoms with Crippen molar-refractivity contribution in [1.82, 2.24) is 0 Å². The van der Waals surface area contributed by atoms with Crippen molar-refractivity contribution in [2.45, 2.75) is 52.9 Å². The van der Waals surface area contributed by atoms with Crippen molar-refractivity contribution in [1.29, 1.82) is 0 Å². The quantitative estimate of drug-likeness (QED) is 0.513. The van der Waals surface area contributed by atoms with Crippen LogP contribution in [0.4, 0.5) is 0 Å². The zero-order chi connectivity index (χ0) is 24.4. The van der Waals surface area contributed by atoms with Crippen LogP contribution in [0.25, 0.3) is 11.5 Å². The number of carbonyl (C=O) groups excluding carboxylic acids is 4. The predicted molar refractivity (Wildman–Crippen MR) is 127 cm³/mol. The lowest BCUT2D eigenvalue weighted by Gasteiger charge is -2.29. The highest BCUT2D eigenvalue weighted by molar-refractivity contribution is 6.34. The number of allylic oxidation sites excluding steroid dienone is 2. The number of ketones is 2. The minimum atomic E-state index is -0.502. The van der Waals surface area contributed by atoms with E-state index in [9.17, 15) is 19.2 Å². The molecule has 2 aliphatic carbocycles. The van der Waals surface area contributed by atoms with Gasteiger partial charge < -0.3 is 9.47 Å². The molecule has 34 heavy (non-hydrogen) atoms. The molecule has 0 saturated heterocycles. The number of carbonyl (C=O) groups is 4. The van der Waals surface area contributed by atoms with Crippen molar-refractivity contribution < 1.29 is 28.7 Å². The summed E-state index contributed by atoms with van der Waals surface area (Å²) in [4.78, 5) is 52.5. The normalized spacial score (nSPS) is 14.4. The van der Waals surface area contributed by atoms with E-state index in [0.29, 0.717) is 36.0 Å². The van der Waals surface area contributed by atoms with Gasteiger partial charge in [-0.15, -0.1) is 0 Å². The fraction of sp³-hybridized carbons (Fsp3) is 0.286. The lowest BCUT2D eigenvalue weighted by atomic mass is 9.76. The number of hydrogen-bond donors (Lipinski definition) is 0. The third-order valence-corrected chi connectivity index (χ3v) is 5.90. The Morgan fingerprint density at radius 2 is 1.18 bits per heavy atom. The molecule has 174 valence electrons. The Morgan fingerprint density at radius 3 is 1.71 bits per heavy atom. The van der Waals surface area contributed by atoms with Crippen LogP contribution < -0.4 is 0 Å². The van der Waals surface area contributed by atoms with Gasteiger partial charge in [-0.3, -0.25) is 19.2 Å². The summed E-state index contributed by atoms with van der Waals surface area (Å²) in [6.07, 6.45) is 2.17. The Kier molecular flexibility index (Phi) is 6.59. The van der Waals surface area contributed by atoms with Crippen molar-refractivity contribution >= 4 is 35.0 Å². The van der Waals surface area contributed by atoms with E-state index < -0.39 is 23.5 Å². The largest absolute Gasteiger partial charge is 0.425 e. The molecule has 4 rings (SSSR count). The molecule has 0 heterocycles. The Labute approximate surface area is 198 Å². The monoisotopic (exact) mass is 458 g/mol. The molecule has 0 radical (unpaired) electrons. The molecule has 0 aromatic heterocycles. The first-order valence-electron chi connectivity index (χ1n) is 11.6. The summed E-state index contributed by atoms with van der Waals surface area (Å²) in [5.41, 5.74) is 2.22. The number of aryl methyl sites for hydroxylation is 1. The minimum absolute atomic E-state index is 0.0305. The summed E-state index contributed by atoms with van der Waals surface area (Å²) in [6, 6.07) is 12.0. The smallest absolute Gasteiger partial charge is 0.311 e. The van der Waals surface area contributed by atoms with Crippen LogP contribution in [0.1, 0.15) is 83.9 Å². The van der Waals surface area contributed by atoms with Crippen LogP contribution in [0.15, 0.2) is 53.6 Å². The molecule has 0 aliphatic heterocycles. The maximum Gasteiger partial charge on any atom is 0.311 e. The van der Waals surface area contributed by atoms with Crippen LogP contribution in [-0.2, 0) is 25.5 Å². The Balaban J connectivity index is 2.05. The van der Waals surface area contributed by atoms with Gasteiger partial charge in [0.25, 0.3) is 0 Å². The molecular weight excluding hydrogens is 432 g/mol. The van der Waals surface area contributed by atoms with E-state index in [-0.39, 0.29) is 41.1 Å². The van der Waals surface area contributed by atoms with E-state index >= 15 is 0 Å². The average molecular weight is 459 g/mol. The van der Waals surface area contributed by atoms with E-state index in [1.54, 1.807) is 36.4 Å². The lowest BCUT2D eigenvalue weighted by molar-refractivity contribution is -0.137. The molecule has 0 saturated carbocycles. The van der Waals surface area contributed by atoms with Gasteiger partial charge in [0.05, 0.1) is 11.1 Å². The third kappa shape index (κ3) is 4.00. The van der Waals surface area contributed by atoms with E-state index in [0.717, 1.165) is 5.56 Å². The van der Waals surface area contributed by atoms with E-state index in [1.807, 2.05) is 26.8 Å². The third-order valence-electron chi connectivity index (χ3n) is 5.90. The molecule has 2 aromatic carbocycles. The highest BCUT2D eigenvalue weighted by atomic mass is 16.5. The summed E-state index contributed by atoms with van der Waals surface area (Å²) < 4.78 is 11.5. The van der Waals surface area contributed by atoms with Crippen molar-refractivity contribution in [3.8, 4) is 0 Å². The average Bonchev–Trinajstić information content (AvgIpc) is 2.83. The second-order valence-electron chi connectivity index (χ2n) is 8.29. The number of fused-ring (bicyclic) bond motifs is 3. The maximum absolute atomic E-state index is 13.7. The van der Waals surface area contributed by atoms with Gasteiger partial charge in [-0.05, 0) is 30.9 Å². The number of ether oxygens (including phenoxy) is 2. The zero-order valence-electron chi connectivity index (χ0n) is 19.5. The first-order valence-corrected chi connectivity index (χ1v) is 11.6. The fourth-order valence-electron chi connectivity index (χ4n) is 4.23. The van der Waals surface area contributed by atoms with Crippen LogP contribution >= 0.6 is 0 Å². The van der Waals surface area contributed by atoms with Gasteiger partial charge in [-0.1, -0.05) is 57.2 Å². The Hall–Kier alpha value is -3.80. The summed E-state index contributed by atoms with van der Waals surface area (Å²) in [7, 11) is 0. The molecule has 0 spiro atoms. The van der Waals surface area contributed by atoms with Crippen LogP contribution in [0, 0.1) is 0 Å². The highest BCUT2D eigenvalue weighted by Crippen LogP contribution is 2.45. The fourth-order valence-corrected chi connectivity index (χ4v) is 4.23. The molecule has 0 unspecified atom stereocenters. The predicted octanol–water partition coefficient (Wildman–Crippen LogP) is 5.45. The van der Waals surface area contributed by atoms with Gasteiger partial charge in [-0.25, -0.2) is 0 Å². The Morgan fingerprint density at radius 1 is 0.676 bits per heavy atom. The molecule has 0 bridgehead atoms. The van der Waals surface area contributed by atoms with Crippen LogP contribution in [0.5, 0.6) is 0 Å². The topological polar surface area (TPSA) is 86.7 Å². The molecule has 2 aromatic rings. The Bertz CT molecular complexity index is 1280. The molecule has 6 heteroatoms. The van der Waals surface area contributed by atoms with E-state index in [2.05, 4.69) is 0 Å². The van der Waals surface area contributed by atoms with E-state index in [4.69, 9.17) is 9.47 Å². The number of hydrogen-bond acceptors (Lipinski definition) is 6. The first kappa shape index (κ1) is 23.4. The van der Waals surface area contributed by atoms with Gasteiger partial charge in [-0.2, -0.15) is 0 Å². The van der Waals surface area contributed by atoms with Crippen molar-refractivity contribution in [2.75, 3.05) is 0 Å². The van der Waals surface area contributed by atoms with Gasteiger partial charge in [0.15, 0.2) is 23.1 Å². The first-order chi connectivity index (χ1) is 16.4. The number of Topliss-reactive ketones (excluding diaryl/α,β-unsaturated/α-hetero) is 2. The molecule has 0 amide bonds. The second-order valence-corrected chi connectivity index (χ2v) is 8.29. The lowest BCUT2D eigenvalue weighted by Crippen LogP contribution is -2.29. The van der Waals surface area contributed by atoms with Crippen LogP contribution in [0.3, 0.4) is 0 Å².